The predicted molar refractivity (Wildman–Crippen MR) is 96.9 cm³/mol. The fourth-order valence-electron chi connectivity index (χ4n) is 2.70. The van der Waals surface area contributed by atoms with Crippen molar-refractivity contribution in [3.8, 4) is 5.75 Å². The Morgan fingerprint density at radius 2 is 1.92 bits per heavy atom. The van der Waals surface area contributed by atoms with Crippen molar-refractivity contribution < 1.29 is 19.4 Å². The molecule has 1 aliphatic heterocycles. The van der Waals surface area contributed by atoms with Crippen LogP contribution in [-0.2, 0) is 22.6 Å². The zero-order valence-corrected chi connectivity index (χ0v) is 14.8. The Balaban J connectivity index is 1.48. The molecule has 0 saturated heterocycles. The van der Waals surface area contributed by atoms with Crippen LogP contribution >= 0.6 is 11.6 Å². The number of ether oxygens (including phenoxy) is 1. The molecule has 0 aliphatic carbocycles. The third-order valence-corrected chi connectivity index (χ3v) is 4.53. The largest absolute Gasteiger partial charge is 0.493 e. The van der Waals surface area contributed by atoms with Crippen LogP contribution in [0.1, 0.15) is 22.8 Å². The summed E-state index contributed by atoms with van der Waals surface area (Å²) < 4.78 is 5.42. The Hall–Kier alpha value is -2.57. The van der Waals surface area contributed by atoms with Gasteiger partial charge in [0.2, 0.25) is 0 Å². The van der Waals surface area contributed by atoms with E-state index in [1.54, 1.807) is 36.4 Å². The Bertz CT molecular complexity index is 825. The number of amides is 2. The number of hydrogen-bond donors (Lipinski definition) is 3. The summed E-state index contributed by atoms with van der Waals surface area (Å²) in [4.78, 5) is 23.8. The minimum Gasteiger partial charge on any atom is -0.493 e. The highest BCUT2D eigenvalue weighted by Gasteiger charge is 2.18. The fourth-order valence-corrected chi connectivity index (χ4v) is 2.90. The maximum absolute atomic E-state index is 11.9. The molecule has 0 radical (unpaired) electrons. The van der Waals surface area contributed by atoms with Crippen molar-refractivity contribution in [3.63, 3.8) is 0 Å². The topological polar surface area (TPSA) is 87.7 Å². The molecule has 7 heteroatoms. The number of rotatable bonds is 5. The summed E-state index contributed by atoms with van der Waals surface area (Å²) in [6.07, 6.45) is -0.103. The zero-order valence-electron chi connectivity index (χ0n) is 14.0. The lowest BCUT2D eigenvalue weighted by Crippen LogP contribution is -2.41. The number of carbonyl (C=O) groups excluding carboxylic acids is 2. The fraction of sp³-hybridized carbons (Fsp3) is 0.263. The Morgan fingerprint density at radius 3 is 2.73 bits per heavy atom. The molecule has 3 rings (SSSR count). The van der Waals surface area contributed by atoms with E-state index in [0.29, 0.717) is 17.2 Å². The minimum atomic E-state index is -0.902. The summed E-state index contributed by atoms with van der Waals surface area (Å²) in [6, 6.07) is 12.5. The van der Waals surface area contributed by atoms with Crippen molar-refractivity contribution in [2.75, 3.05) is 13.2 Å². The highest BCUT2D eigenvalue weighted by molar-refractivity contribution is 6.35. The molecule has 6 nitrogen and oxygen atoms in total. The molecule has 3 N–H and O–H groups in total. The lowest BCUT2D eigenvalue weighted by molar-refractivity contribution is -0.139. The first kappa shape index (κ1) is 18.2. The first-order valence-electron chi connectivity index (χ1n) is 8.27. The van der Waals surface area contributed by atoms with E-state index in [4.69, 9.17) is 16.3 Å². The van der Waals surface area contributed by atoms with Gasteiger partial charge in [-0.1, -0.05) is 35.9 Å². The predicted octanol–water partition coefficient (Wildman–Crippen LogP) is 1.74. The van der Waals surface area contributed by atoms with Gasteiger partial charge in [0.05, 0.1) is 12.7 Å². The van der Waals surface area contributed by atoms with Crippen molar-refractivity contribution in [1.29, 1.82) is 0 Å². The molecule has 2 aromatic carbocycles. The lowest BCUT2D eigenvalue weighted by atomic mass is 10.0. The summed E-state index contributed by atoms with van der Waals surface area (Å²) in [5.74, 6) is -0.760. The van der Waals surface area contributed by atoms with E-state index in [9.17, 15) is 14.7 Å². The highest BCUT2D eigenvalue weighted by atomic mass is 35.5. The van der Waals surface area contributed by atoms with Crippen LogP contribution in [0.3, 0.4) is 0 Å². The lowest BCUT2D eigenvalue weighted by Gasteiger charge is -2.13. The van der Waals surface area contributed by atoms with Crippen LogP contribution in [0.25, 0.3) is 0 Å². The van der Waals surface area contributed by atoms with Gasteiger partial charge in [0, 0.05) is 24.5 Å². The van der Waals surface area contributed by atoms with Crippen LogP contribution in [-0.4, -0.2) is 30.1 Å². The number of hydrogen-bond acceptors (Lipinski definition) is 4. The second-order valence-electron chi connectivity index (χ2n) is 5.97. The molecular formula is C19H19ClN2O4. The molecule has 1 heterocycles. The average Bonchev–Trinajstić information content (AvgIpc) is 3.12. The van der Waals surface area contributed by atoms with Crippen LogP contribution in [0, 0.1) is 0 Å². The van der Waals surface area contributed by atoms with Gasteiger partial charge in [-0.2, -0.15) is 0 Å². The minimum absolute atomic E-state index is 0.0575. The number of aliphatic hydroxyl groups is 1. The number of aliphatic hydroxyl groups excluding tert-OH is 1. The van der Waals surface area contributed by atoms with E-state index in [2.05, 4.69) is 10.6 Å². The Labute approximate surface area is 156 Å². The van der Waals surface area contributed by atoms with E-state index in [1.807, 2.05) is 6.07 Å². The maximum Gasteiger partial charge on any atom is 0.309 e. The first-order valence-corrected chi connectivity index (χ1v) is 8.65. The van der Waals surface area contributed by atoms with E-state index < -0.39 is 17.9 Å². The highest BCUT2D eigenvalue weighted by Crippen LogP contribution is 2.28. The smallest absolute Gasteiger partial charge is 0.309 e. The molecule has 0 saturated carbocycles. The summed E-state index contributed by atoms with van der Waals surface area (Å²) in [5.41, 5.74) is 2.42. The molecule has 26 heavy (non-hydrogen) atoms. The molecule has 0 spiro atoms. The van der Waals surface area contributed by atoms with Gasteiger partial charge < -0.3 is 20.5 Å². The van der Waals surface area contributed by atoms with Crippen LogP contribution in [0.2, 0.25) is 5.02 Å². The van der Waals surface area contributed by atoms with Gasteiger partial charge in [0.1, 0.15) is 5.75 Å². The molecule has 1 aliphatic rings. The second kappa shape index (κ2) is 8.21. The summed E-state index contributed by atoms with van der Waals surface area (Å²) in [6.45, 7) is 0.731. The molecule has 0 fully saturated rings. The van der Waals surface area contributed by atoms with Crippen LogP contribution in [0.5, 0.6) is 5.75 Å². The van der Waals surface area contributed by atoms with Gasteiger partial charge in [-0.15, -0.1) is 0 Å². The van der Waals surface area contributed by atoms with Gasteiger partial charge in [0.15, 0.2) is 0 Å². The molecule has 1 unspecified atom stereocenters. The maximum atomic E-state index is 11.9. The molecule has 2 aromatic rings. The van der Waals surface area contributed by atoms with Gasteiger partial charge in [-0.25, -0.2) is 0 Å². The van der Waals surface area contributed by atoms with Gasteiger partial charge in [0.25, 0.3) is 0 Å². The van der Waals surface area contributed by atoms with Crippen molar-refractivity contribution in [1.82, 2.24) is 10.6 Å². The Morgan fingerprint density at radius 1 is 1.15 bits per heavy atom. The van der Waals surface area contributed by atoms with Gasteiger partial charge >= 0.3 is 11.8 Å². The first-order chi connectivity index (χ1) is 12.5. The number of fused-ring (bicyclic) bond motifs is 1. The van der Waals surface area contributed by atoms with Crippen LogP contribution in [0.4, 0.5) is 0 Å². The third kappa shape index (κ3) is 4.33. The summed E-state index contributed by atoms with van der Waals surface area (Å²) >= 11 is 6.00. The standard InChI is InChI=1S/C19H19ClN2O4/c20-15-4-2-1-3-14(15)10-21-18(24)19(25)22-11-16(23)12-5-6-17-13(9-12)7-8-26-17/h1-6,9,16,23H,7-8,10-11H2,(H,21,24)(H,22,25). The summed E-state index contributed by atoms with van der Waals surface area (Å²) in [5, 5.41) is 15.7. The van der Waals surface area contributed by atoms with E-state index >= 15 is 0 Å². The SMILES string of the molecule is O=C(NCc1ccccc1Cl)C(=O)NCC(O)c1ccc2c(c1)CCO2. The van der Waals surface area contributed by atoms with Crippen molar-refractivity contribution in [3.05, 3.63) is 64.2 Å². The average molecular weight is 375 g/mol. The number of benzene rings is 2. The van der Waals surface area contributed by atoms with Crippen molar-refractivity contribution in [2.24, 2.45) is 0 Å². The monoisotopic (exact) mass is 374 g/mol. The van der Waals surface area contributed by atoms with Gasteiger partial charge in [-0.05, 0) is 34.9 Å². The summed E-state index contributed by atoms with van der Waals surface area (Å²) in [7, 11) is 0. The zero-order chi connectivity index (χ0) is 18.5. The van der Waals surface area contributed by atoms with Crippen LogP contribution in [0.15, 0.2) is 42.5 Å². The molecular weight excluding hydrogens is 356 g/mol. The van der Waals surface area contributed by atoms with Gasteiger partial charge in [-0.3, -0.25) is 9.59 Å². The number of halogens is 1. The van der Waals surface area contributed by atoms with E-state index in [1.165, 1.54) is 0 Å². The van der Waals surface area contributed by atoms with E-state index in [-0.39, 0.29) is 13.1 Å². The quantitative estimate of drug-likeness (QED) is 0.696. The third-order valence-electron chi connectivity index (χ3n) is 4.16. The molecule has 0 bridgehead atoms. The molecule has 2 amide bonds. The molecule has 1 atom stereocenters. The number of nitrogens with one attached hydrogen (secondary N) is 2. The molecule has 136 valence electrons. The van der Waals surface area contributed by atoms with Crippen LogP contribution < -0.4 is 15.4 Å². The van der Waals surface area contributed by atoms with E-state index in [0.717, 1.165) is 23.3 Å². The molecule has 0 aromatic heterocycles. The Kier molecular flexibility index (Phi) is 5.75. The number of carbonyl (C=O) groups is 2. The normalized spacial score (nSPS) is 13.5. The van der Waals surface area contributed by atoms with Crippen molar-refractivity contribution in [2.45, 2.75) is 19.1 Å². The second-order valence-corrected chi connectivity index (χ2v) is 6.37. The van der Waals surface area contributed by atoms with Crippen molar-refractivity contribution >= 4 is 23.4 Å².